The fourth-order valence-electron chi connectivity index (χ4n) is 2.76. The molecule has 0 radical (unpaired) electrons. The van der Waals surface area contributed by atoms with Crippen LogP contribution in [0, 0.1) is 6.92 Å². The summed E-state index contributed by atoms with van der Waals surface area (Å²) in [4.78, 5) is 0. The van der Waals surface area contributed by atoms with Crippen molar-refractivity contribution in [3.63, 3.8) is 0 Å². The third kappa shape index (κ3) is 2.70. The topological polar surface area (TPSA) is 26.0 Å². The van der Waals surface area contributed by atoms with Gasteiger partial charge in [0.05, 0.1) is 0 Å². The van der Waals surface area contributed by atoms with Crippen molar-refractivity contribution < 1.29 is 0 Å². The summed E-state index contributed by atoms with van der Waals surface area (Å²) in [6.07, 6.45) is 1.10. The van der Waals surface area contributed by atoms with Gasteiger partial charge in [-0.15, -0.1) is 0 Å². The minimum absolute atomic E-state index is 0.186. The minimum atomic E-state index is 0.186. The third-order valence-electron chi connectivity index (χ3n) is 3.78. The molecular weight excluding hydrogens is 250 g/mol. The largest absolute Gasteiger partial charge is 0.323 e. The van der Waals surface area contributed by atoms with Crippen LogP contribution in [0.5, 0.6) is 0 Å². The SMILES string of the molecule is Cc1cccc(CSC2Cc3ccccc3C2N)c1. The number of hydrogen-bond donors (Lipinski definition) is 1. The Morgan fingerprint density at radius 3 is 2.79 bits per heavy atom. The first-order valence-corrected chi connectivity index (χ1v) is 7.79. The number of nitrogens with two attached hydrogens (primary N) is 1. The summed E-state index contributed by atoms with van der Waals surface area (Å²) in [5.41, 5.74) is 11.9. The van der Waals surface area contributed by atoms with Gasteiger partial charge in [0.1, 0.15) is 0 Å². The van der Waals surface area contributed by atoms with Crippen molar-refractivity contribution in [3.05, 3.63) is 70.8 Å². The Balaban J connectivity index is 1.67. The highest BCUT2D eigenvalue weighted by Gasteiger charge is 2.29. The first kappa shape index (κ1) is 12.8. The van der Waals surface area contributed by atoms with E-state index >= 15 is 0 Å². The lowest BCUT2D eigenvalue weighted by Crippen LogP contribution is -2.19. The number of fused-ring (bicyclic) bond motifs is 1. The molecule has 2 heteroatoms. The van der Waals surface area contributed by atoms with E-state index in [0.717, 1.165) is 12.2 Å². The van der Waals surface area contributed by atoms with Crippen LogP contribution in [-0.4, -0.2) is 5.25 Å². The van der Waals surface area contributed by atoms with Crippen LogP contribution in [-0.2, 0) is 12.2 Å². The quantitative estimate of drug-likeness (QED) is 0.916. The molecule has 0 spiro atoms. The molecule has 1 aliphatic carbocycles. The van der Waals surface area contributed by atoms with Crippen LogP contribution in [0.3, 0.4) is 0 Å². The Labute approximate surface area is 119 Å². The van der Waals surface area contributed by atoms with E-state index in [1.807, 2.05) is 11.8 Å². The highest BCUT2D eigenvalue weighted by atomic mass is 32.2. The van der Waals surface area contributed by atoms with Gasteiger partial charge in [-0.25, -0.2) is 0 Å². The number of rotatable bonds is 3. The minimum Gasteiger partial charge on any atom is -0.323 e. The van der Waals surface area contributed by atoms with E-state index in [4.69, 9.17) is 5.73 Å². The number of benzene rings is 2. The second-order valence-corrected chi connectivity index (χ2v) is 6.49. The van der Waals surface area contributed by atoms with Crippen LogP contribution < -0.4 is 5.73 Å². The van der Waals surface area contributed by atoms with Crippen LogP contribution in [0.25, 0.3) is 0 Å². The fraction of sp³-hybridized carbons (Fsp3) is 0.294. The number of thioether (sulfide) groups is 1. The van der Waals surface area contributed by atoms with Crippen molar-refractivity contribution in [1.29, 1.82) is 0 Å². The van der Waals surface area contributed by atoms with Crippen LogP contribution in [0.2, 0.25) is 0 Å². The van der Waals surface area contributed by atoms with Crippen molar-refractivity contribution in [1.82, 2.24) is 0 Å². The van der Waals surface area contributed by atoms with Gasteiger partial charge < -0.3 is 5.73 Å². The second-order valence-electron chi connectivity index (χ2n) is 5.27. The molecular formula is C17H19NS. The highest BCUT2D eigenvalue weighted by Crippen LogP contribution is 2.37. The number of hydrogen-bond acceptors (Lipinski definition) is 2. The molecule has 0 aliphatic heterocycles. The van der Waals surface area contributed by atoms with Crippen LogP contribution in [0.4, 0.5) is 0 Å². The summed E-state index contributed by atoms with van der Waals surface area (Å²) in [7, 11) is 0. The van der Waals surface area contributed by atoms with Crippen molar-refractivity contribution in [3.8, 4) is 0 Å². The van der Waals surface area contributed by atoms with E-state index in [1.165, 1.54) is 22.3 Å². The van der Waals surface area contributed by atoms with Crippen molar-refractivity contribution in [2.75, 3.05) is 0 Å². The summed E-state index contributed by atoms with van der Waals surface area (Å²) in [6, 6.07) is 17.5. The predicted molar refractivity (Wildman–Crippen MR) is 83.3 cm³/mol. The van der Waals surface area contributed by atoms with Gasteiger partial charge in [-0.05, 0) is 30.0 Å². The van der Waals surface area contributed by atoms with Gasteiger partial charge in [-0.3, -0.25) is 0 Å². The molecule has 0 fully saturated rings. The van der Waals surface area contributed by atoms with Gasteiger partial charge in [-0.1, -0.05) is 54.1 Å². The Morgan fingerprint density at radius 2 is 2.00 bits per heavy atom. The molecule has 0 amide bonds. The zero-order valence-corrected chi connectivity index (χ0v) is 12.0. The number of aryl methyl sites for hydroxylation is 1. The summed E-state index contributed by atoms with van der Waals surface area (Å²) in [5, 5.41) is 0.512. The first-order valence-electron chi connectivity index (χ1n) is 6.74. The smallest absolute Gasteiger partial charge is 0.0421 e. The predicted octanol–water partition coefficient (Wildman–Crippen LogP) is 3.85. The zero-order chi connectivity index (χ0) is 13.2. The molecule has 2 unspecified atom stereocenters. The van der Waals surface area contributed by atoms with E-state index in [1.54, 1.807) is 0 Å². The van der Waals surface area contributed by atoms with Crippen molar-refractivity contribution >= 4 is 11.8 Å². The maximum absolute atomic E-state index is 6.36. The molecule has 1 nitrogen and oxygen atoms in total. The van der Waals surface area contributed by atoms with Gasteiger partial charge in [0.15, 0.2) is 0 Å². The molecule has 2 N–H and O–H groups in total. The lowest BCUT2D eigenvalue weighted by molar-refractivity contribution is 0.731. The van der Waals surface area contributed by atoms with E-state index in [9.17, 15) is 0 Å². The average Bonchev–Trinajstić information content (AvgIpc) is 2.74. The molecule has 2 aromatic rings. The molecule has 0 saturated heterocycles. The molecule has 2 atom stereocenters. The molecule has 1 aliphatic rings. The van der Waals surface area contributed by atoms with Gasteiger partial charge in [0, 0.05) is 17.0 Å². The van der Waals surface area contributed by atoms with Crippen molar-refractivity contribution in [2.24, 2.45) is 5.73 Å². The summed E-state index contributed by atoms with van der Waals surface area (Å²) in [5.74, 6) is 1.05. The molecule has 2 aromatic carbocycles. The molecule has 3 rings (SSSR count). The maximum atomic E-state index is 6.36. The van der Waals surface area contributed by atoms with E-state index in [2.05, 4.69) is 55.5 Å². The first-order chi connectivity index (χ1) is 9.24. The molecule has 0 aromatic heterocycles. The Kier molecular flexibility index (Phi) is 3.63. The monoisotopic (exact) mass is 269 g/mol. The summed E-state index contributed by atoms with van der Waals surface area (Å²) < 4.78 is 0. The lowest BCUT2D eigenvalue weighted by Gasteiger charge is -2.15. The van der Waals surface area contributed by atoms with Crippen LogP contribution >= 0.6 is 11.8 Å². The Hall–Kier alpha value is -1.25. The molecule has 0 saturated carbocycles. The normalized spacial score (nSPS) is 21.4. The molecule has 98 valence electrons. The summed E-state index contributed by atoms with van der Waals surface area (Å²) >= 11 is 1.99. The highest BCUT2D eigenvalue weighted by molar-refractivity contribution is 7.99. The van der Waals surface area contributed by atoms with Crippen molar-refractivity contribution in [2.45, 2.75) is 30.4 Å². The van der Waals surface area contributed by atoms with Gasteiger partial charge >= 0.3 is 0 Å². The Bertz CT molecular complexity index is 579. The van der Waals surface area contributed by atoms with E-state index in [-0.39, 0.29) is 6.04 Å². The third-order valence-corrected chi connectivity index (χ3v) is 5.17. The maximum Gasteiger partial charge on any atom is 0.0421 e. The molecule has 0 heterocycles. The average molecular weight is 269 g/mol. The van der Waals surface area contributed by atoms with E-state index < -0.39 is 0 Å². The fourth-order valence-corrected chi connectivity index (χ4v) is 3.99. The standard InChI is InChI=1S/C17H19NS/c1-12-5-4-6-13(9-12)11-19-16-10-14-7-2-3-8-15(14)17(16)18/h2-9,16-17H,10-11,18H2,1H3. The summed E-state index contributed by atoms with van der Waals surface area (Å²) in [6.45, 7) is 2.14. The Morgan fingerprint density at radius 1 is 1.16 bits per heavy atom. The van der Waals surface area contributed by atoms with Gasteiger partial charge in [0.2, 0.25) is 0 Å². The molecule has 0 bridgehead atoms. The van der Waals surface area contributed by atoms with Gasteiger partial charge in [-0.2, -0.15) is 11.8 Å². The van der Waals surface area contributed by atoms with Gasteiger partial charge in [0.25, 0.3) is 0 Å². The van der Waals surface area contributed by atoms with E-state index in [0.29, 0.717) is 5.25 Å². The zero-order valence-electron chi connectivity index (χ0n) is 11.2. The van der Waals surface area contributed by atoms with Crippen LogP contribution in [0.1, 0.15) is 28.3 Å². The van der Waals surface area contributed by atoms with Crippen LogP contribution in [0.15, 0.2) is 48.5 Å². The lowest BCUT2D eigenvalue weighted by atomic mass is 10.1. The molecule has 19 heavy (non-hydrogen) atoms. The second kappa shape index (κ2) is 5.40.